The summed E-state index contributed by atoms with van der Waals surface area (Å²) in [7, 11) is 2.21. The molecule has 2 aliphatic heterocycles. The molecular weight excluding hydrogens is 372 g/mol. The molecule has 2 aromatic rings. The van der Waals surface area contributed by atoms with Crippen molar-refractivity contribution in [2.24, 2.45) is 0 Å². The second-order valence-corrected chi connectivity index (χ2v) is 8.06. The molecule has 0 saturated carbocycles. The number of benzene rings is 1. The highest BCUT2D eigenvalue weighted by molar-refractivity contribution is 5.55. The van der Waals surface area contributed by atoms with Crippen LogP contribution < -0.4 is 0 Å². The Balaban J connectivity index is 1.36. The Labute approximate surface area is 170 Å². The van der Waals surface area contributed by atoms with E-state index in [1.54, 1.807) is 12.1 Å². The number of aromatic nitrogens is 2. The molecule has 0 aliphatic carbocycles. The number of hydrogen-bond donors (Lipinski definition) is 0. The highest BCUT2D eigenvalue weighted by Crippen LogP contribution is 2.27. The van der Waals surface area contributed by atoms with E-state index in [4.69, 9.17) is 4.42 Å². The van der Waals surface area contributed by atoms with Crippen LogP contribution in [0.3, 0.4) is 0 Å². The predicted octanol–water partition coefficient (Wildman–Crippen LogP) is 2.42. The largest absolute Gasteiger partial charge is 0.419 e. The lowest BCUT2D eigenvalue weighted by Gasteiger charge is -2.43. The Hall–Kier alpha value is -2.36. The highest BCUT2D eigenvalue weighted by atomic mass is 16.6. The lowest BCUT2D eigenvalue weighted by atomic mass is 10.0. The van der Waals surface area contributed by atoms with Crippen molar-refractivity contribution in [3.8, 4) is 11.5 Å². The number of piperazine rings is 1. The monoisotopic (exact) mass is 400 g/mol. The van der Waals surface area contributed by atoms with Crippen LogP contribution in [0.4, 0.5) is 5.69 Å². The molecule has 0 spiro atoms. The third kappa shape index (κ3) is 4.47. The Kier molecular flexibility index (Phi) is 5.89. The third-order valence-electron chi connectivity index (χ3n) is 6.14. The number of hydrogen-bond acceptors (Lipinski definition) is 8. The zero-order chi connectivity index (χ0) is 20.4. The zero-order valence-electron chi connectivity index (χ0n) is 17.0. The van der Waals surface area contributed by atoms with Crippen LogP contribution >= 0.6 is 0 Å². The SMILES string of the molecule is CC(c1nnc(-c2ccc([N+](=O)[O-])cc2)o1)N1CCN(C2CCCN(C)C2)CC1. The Morgan fingerprint density at radius 3 is 2.52 bits per heavy atom. The summed E-state index contributed by atoms with van der Waals surface area (Å²) in [5.41, 5.74) is 0.733. The molecule has 2 atom stereocenters. The molecule has 0 bridgehead atoms. The molecule has 0 radical (unpaired) electrons. The summed E-state index contributed by atoms with van der Waals surface area (Å²) in [6.45, 7) is 8.56. The van der Waals surface area contributed by atoms with Gasteiger partial charge in [0.15, 0.2) is 0 Å². The van der Waals surface area contributed by atoms with Gasteiger partial charge in [-0.25, -0.2) is 0 Å². The van der Waals surface area contributed by atoms with Gasteiger partial charge in [0.05, 0.1) is 11.0 Å². The summed E-state index contributed by atoms with van der Waals surface area (Å²) in [5, 5.41) is 19.2. The van der Waals surface area contributed by atoms with Crippen LogP contribution in [0.25, 0.3) is 11.5 Å². The number of nitrogens with zero attached hydrogens (tertiary/aromatic N) is 6. The maximum absolute atomic E-state index is 10.8. The predicted molar refractivity (Wildman–Crippen MR) is 108 cm³/mol. The first-order valence-corrected chi connectivity index (χ1v) is 10.3. The van der Waals surface area contributed by atoms with E-state index in [0.29, 0.717) is 23.4 Å². The molecule has 2 fully saturated rings. The molecule has 1 aromatic heterocycles. The number of nitro groups is 1. The molecule has 2 aliphatic rings. The van der Waals surface area contributed by atoms with E-state index in [-0.39, 0.29) is 11.7 Å². The number of nitro benzene ring substituents is 1. The van der Waals surface area contributed by atoms with Crippen molar-refractivity contribution in [1.82, 2.24) is 24.9 Å². The minimum Gasteiger partial charge on any atom is -0.419 e. The van der Waals surface area contributed by atoms with Crippen molar-refractivity contribution < 1.29 is 9.34 Å². The molecule has 9 nitrogen and oxygen atoms in total. The summed E-state index contributed by atoms with van der Waals surface area (Å²) < 4.78 is 5.89. The smallest absolute Gasteiger partial charge is 0.269 e. The Morgan fingerprint density at radius 1 is 1.14 bits per heavy atom. The van der Waals surface area contributed by atoms with Crippen molar-refractivity contribution in [3.05, 3.63) is 40.3 Å². The minimum absolute atomic E-state index is 0.0453. The van der Waals surface area contributed by atoms with Crippen LogP contribution in [0.1, 0.15) is 31.7 Å². The van der Waals surface area contributed by atoms with Crippen LogP contribution in [-0.4, -0.2) is 82.2 Å². The fraction of sp³-hybridized carbons (Fsp3) is 0.600. The van der Waals surface area contributed by atoms with Crippen molar-refractivity contribution >= 4 is 5.69 Å². The van der Waals surface area contributed by atoms with Crippen molar-refractivity contribution in [3.63, 3.8) is 0 Å². The quantitative estimate of drug-likeness (QED) is 0.558. The molecule has 2 saturated heterocycles. The van der Waals surface area contributed by atoms with Gasteiger partial charge in [0.25, 0.3) is 5.69 Å². The van der Waals surface area contributed by atoms with Gasteiger partial charge in [-0.05, 0) is 45.5 Å². The van der Waals surface area contributed by atoms with Crippen molar-refractivity contribution in [2.45, 2.75) is 31.8 Å². The van der Waals surface area contributed by atoms with E-state index in [0.717, 1.165) is 32.7 Å². The average Bonchev–Trinajstić information content (AvgIpc) is 3.24. The van der Waals surface area contributed by atoms with Gasteiger partial charge in [-0.2, -0.15) is 0 Å². The summed E-state index contributed by atoms with van der Waals surface area (Å²) in [4.78, 5) is 17.8. The van der Waals surface area contributed by atoms with Gasteiger partial charge in [-0.1, -0.05) is 0 Å². The summed E-state index contributed by atoms with van der Waals surface area (Å²) in [6, 6.07) is 6.89. The van der Waals surface area contributed by atoms with Crippen LogP contribution in [0, 0.1) is 10.1 Å². The zero-order valence-corrected chi connectivity index (χ0v) is 17.0. The molecule has 0 N–H and O–H groups in total. The summed E-state index contributed by atoms with van der Waals surface area (Å²) >= 11 is 0. The second-order valence-electron chi connectivity index (χ2n) is 8.06. The topological polar surface area (TPSA) is 91.8 Å². The molecule has 2 unspecified atom stereocenters. The first-order valence-electron chi connectivity index (χ1n) is 10.3. The van der Waals surface area contributed by atoms with Crippen molar-refractivity contribution in [2.75, 3.05) is 46.3 Å². The lowest BCUT2D eigenvalue weighted by molar-refractivity contribution is -0.384. The number of rotatable bonds is 5. The van der Waals surface area contributed by atoms with Crippen LogP contribution in [-0.2, 0) is 0 Å². The molecule has 1 aromatic carbocycles. The van der Waals surface area contributed by atoms with Gasteiger partial charge in [0, 0.05) is 56.5 Å². The van der Waals surface area contributed by atoms with Crippen LogP contribution in [0.2, 0.25) is 0 Å². The van der Waals surface area contributed by atoms with Gasteiger partial charge in [0.1, 0.15) is 0 Å². The molecule has 29 heavy (non-hydrogen) atoms. The van der Waals surface area contributed by atoms with Crippen LogP contribution in [0.5, 0.6) is 0 Å². The number of piperidine rings is 1. The Morgan fingerprint density at radius 2 is 1.86 bits per heavy atom. The summed E-state index contributed by atoms with van der Waals surface area (Å²) in [5.74, 6) is 0.981. The maximum atomic E-state index is 10.8. The first-order chi connectivity index (χ1) is 14.0. The normalized spacial score (nSPS) is 23.2. The van der Waals surface area contributed by atoms with Gasteiger partial charge < -0.3 is 9.32 Å². The van der Waals surface area contributed by atoms with Gasteiger partial charge in [-0.15, -0.1) is 10.2 Å². The van der Waals surface area contributed by atoms with E-state index < -0.39 is 4.92 Å². The molecular formula is C20H28N6O3. The summed E-state index contributed by atoms with van der Waals surface area (Å²) in [6.07, 6.45) is 2.58. The number of non-ortho nitro benzene ring substituents is 1. The minimum atomic E-state index is -0.421. The third-order valence-corrected chi connectivity index (χ3v) is 6.14. The molecule has 3 heterocycles. The average molecular weight is 400 g/mol. The van der Waals surface area contributed by atoms with Crippen molar-refractivity contribution in [1.29, 1.82) is 0 Å². The number of likely N-dealkylation sites (N-methyl/N-ethyl adjacent to an activating group) is 1. The molecule has 156 valence electrons. The standard InChI is InChI=1S/C20H28N6O3/c1-15(24-10-12-25(13-11-24)18-4-3-9-23(2)14-18)19-21-22-20(29-19)16-5-7-17(8-6-16)26(27)28/h5-8,15,18H,3-4,9-14H2,1-2H3. The van der Waals surface area contributed by atoms with E-state index >= 15 is 0 Å². The molecule has 9 heteroatoms. The molecule has 0 amide bonds. The van der Waals surface area contributed by atoms with E-state index in [1.165, 1.54) is 31.5 Å². The Bertz CT molecular complexity index is 831. The van der Waals surface area contributed by atoms with Gasteiger partial charge >= 0.3 is 0 Å². The van der Waals surface area contributed by atoms with E-state index in [9.17, 15) is 10.1 Å². The molecule has 4 rings (SSSR count). The van der Waals surface area contributed by atoms with E-state index in [2.05, 4.69) is 38.9 Å². The fourth-order valence-electron chi connectivity index (χ4n) is 4.33. The van der Waals surface area contributed by atoms with Gasteiger partial charge in [-0.3, -0.25) is 19.9 Å². The van der Waals surface area contributed by atoms with Gasteiger partial charge in [0.2, 0.25) is 11.8 Å². The van der Waals surface area contributed by atoms with Crippen LogP contribution in [0.15, 0.2) is 28.7 Å². The first kappa shape index (κ1) is 19.9. The van der Waals surface area contributed by atoms with E-state index in [1.807, 2.05) is 0 Å². The maximum Gasteiger partial charge on any atom is 0.269 e. The highest BCUT2D eigenvalue weighted by Gasteiger charge is 2.30. The lowest BCUT2D eigenvalue weighted by Crippen LogP contribution is -2.54. The number of likely N-dealkylation sites (tertiary alicyclic amines) is 1. The fourth-order valence-corrected chi connectivity index (χ4v) is 4.33. The second kappa shape index (κ2) is 8.56.